The summed E-state index contributed by atoms with van der Waals surface area (Å²) < 4.78 is 13.3. The van der Waals surface area contributed by atoms with Crippen molar-refractivity contribution in [3.8, 4) is 11.5 Å². The van der Waals surface area contributed by atoms with Crippen LogP contribution in [0, 0.1) is 0 Å². The van der Waals surface area contributed by atoms with Crippen molar-refractivity contribution in [1.82, 2.24) is 9.47 Å². The molecule has 2 aromatic carbocycles. The first-order valence-electron chi connectivity index (χ1n) is 11.2. The molecule has 3 aromatic rings. The van der Waals surface area contributed by atoms with Crippen molar-refractivity contribution >= 4 is 23.0 Å². The molecule has 0 saturated carbocycles. The van der Waals surface area contributed by atoms with E-state index in [-0.39, 0.29) is 6.04 Å². The van der Waals surface area contributed by atoms with Crippen molar-refractivity contribution < 1.29 is 9.47 Å². The van der Waals surface area contributed by atoms with Gasteiger partial charge >= 0.3 is 0 Å². The average molecular weight is 450 g/mol. The summed E-state index contributed by atoms with van der Waals surface area (Å²) in [6.45, 7) is 6.08. The predicted molar refractivity (Wildman–Crippen MR) is 134 cm³/mol. The van der Waals surface area contributed by atoms with Crippen molar-refractivity contribution in [1.29, 1.82) is 0 Å². The van der Waals surface area contributed by atoms with Crippen LogP contribution in [0.4, 0.5) is 5.69 Å². The van der Waals surface area contributed by atoms with E-state index in [1.165, 1.54) is 16.8 Å². The topological polar surface area (TPSA) is 38.7 Å². The van der Waals surface area contributed by atoms with E-state index >= 15 is 0 Å². The quantitative estimate of drug-likeness (QED) is 0.508. The molecule has 1 aromatic heterocycles. The molecule has 168 valence electrons. The fraction of sp³-hybridized carbons (Fsp3) is 0.346. The Labute approximate surface area is 196 Å². The smallest absolute Gasteiger partial charge is 0.174 e. The first kappa shape index (κ1) is 22.2. The number of methoxy groups -OCH3 is 2. The molecule has 0 saturated heterocycles. The lowest BCUT2D eigenvalue weighted by atomic mass is 9.99. The van der Waals surface area contributed by atoms with Gasteiger partial charge in [0, 0.05) is 30.7 Å². The fourth-order valence-corrected chi connectivity index (χ4v) is 4.86. The summed E-state index contributed by atoms with van der Waals surface area (Å²) >= 11 is 6.01. The van der Waals surface area contributed by atoms with E-state index in [1.54, 1.807) is 14.2 Å². The summed E-state index contributed by atoms with van der Waals surface area (Å²) in [5.74, 6) is 1.44. The van der Waals surface area contributed by atoms with Gasteiger partial charge in [-0.25, -0.2) is 0 Å². The van der Waals surface area contributed by atoms with Crippen LogP contribution in [0.15, 0.2) is 54.7 Å². The maximum atomic E-state index is 6.01. The lowest BCUT2D eigenvalue weighted by Crippen LogP contribution is -2.44. The molecule has 1 atom stereocenters. The molecule has 0 fully saturated rings. The summed E-state index contributed by atoms with van der Waals surface area (Å²) in [4.78, 5) is 2.29. The van der Waals surface area contributed by atoms with Crippen LogP contribution in [0.1, 0.15) is 42.3 Å². The first-order valence-corrected chi connectivity index (χ1v) is 11.6. The van der Waals surface area contributed by atoms with Crippen LogP contribution in [-0.2, 0) is 19.4 Å². The Morgan fingerprint density at radius 1 is 0.969 bits per heavy atom. The van der Waals surface area contributed by atoms with E-state index in [1.807, 2.05) is 6.07 Å². The number of ether oxygens (including phenoxy) is 2. The molecule has 0 radical (unpaired) electrons. The zero-order chi connectivity index (χ0) is 22.7. The monoisotopic (exact) mass is 449 g/mol. The Kier molecular flexibility index (Phi) is 6.70. The lowest BCUT2D eigenvalue weighted by molar-refractivity contribution is 0.291. The minimum absolute atomic E-state index is 0.0163. The van der Waals surface area contributed by atoms with Crippen molar-refractivity contribution in [3.05, 3.63) is 77.1 Å². The molecular formula is C26H31N3O2S. The van der Waals surface area contributed by atoms with E-state index in [0.717, 1.165) is 53.8 Å². The standard InChI is InChI=1S/C26H31N3O2S/c1-5-18-9-7-10-19(6-2)24(18)27-26(32)29-16-15-28-14-8-11-21(28)25(29)20-12-13-22(30-3)23(17-20)31-4/h7-14,17,25H,5-6,15-16H2,1-4H3,(H,27,32)/t25-/m1/s1. The minimum Gasteiger partial charge on any atom is -0.493 e. The van der Waals surface area contributed by atoms with Gasteiger partial charge in [-0.2, -0.15) is 0 Å². The number of hydrogen-bond donors (Lipinski definition) is 1. The highest BCUT2D eigenvalue weighted by molar-refractivity contribution is 7.80. The second-order valence-corrected chi connectivity index (χ2v) is 8.31. The van der Waals surface area contributed by atoms with Gasteiger partial charge in [0.25, 0.3) is 0 Å². The molecular weight excluding hydrogens is 418 g/mol. The number of hydrogen-bond acceptors (Lipinski definition) is 3. The highest BCUT2D eigenvalue weighted by Crippen LogP contribution is 2.37. The molecule has 1 aliphatic rings. The molecule has 32 heavy (non-hydrogen) atoms. The molecule has 4 rings (SSSR count). The van der Waals surface area contributed by atoms with Crippen LogP contribution in [0.25, 0.3) is 0 Å². The number of fused-ring (bicyclic) bond motifs is 1. The van der Waals surface area contributed by atoms with E-state index in [4.69, 9.17) is 21.7 Å². The van der Waals surface area contributed by atoms with Crippen LogP contribution in [0.3, 0.4) is 0 Å². The maximum absolute atomic E-state index is 6.01. The van der Waals surface area contributed by atoms with E-state index in [9.17, 15) is 0 Å². The second kappa shape index (κ2) is 9.65. The number of thiocarbonyl (C=S) groups is 1. The highest BCUT2D eigenvalue weighted by Gasteiger charge is 2.31. The van der Waals surface area contributed by atoms with Crippen LogP contribution in [-0.4, -0.2) is 35.3 Å². The first-order chi connectivity index (χ1) is 15.6. The van der Waals surface area contributed by atoms with Crippen LogP contribution < -0.4 is 14.8 Å². The molecule has 2 heterocycles. The van der Waals surface area contributed by atoms with Gasteiger partial charge in [0.15, 0.2) is 16.6 Å². The van der Waals surface area contributed by atoms with Gasteiger partial charge in [-0.15, -0.1) is 0 Å². The van der Waals surface area contributed by atoms with Crippen molar-refractivity contribution in [2.75, 3.05) is 26.1 Å². The Bertz CT molecular complexity index is 1090. The number of nitrogens with zero attached hydrogens (tertiary/aromatic N) is 2. The number of nitrogens with one attached hydrogen (secondary N) is 1. The third kappa shape index (κ3) is 4.07. The molecule has 1 N–H and O–H groups in total. The van der Waals surface area contributed by atoms with Gasteiger partial charge in [-0.3, -0.25) is 0 Å². The van der Waals surface area contributed by atoms with Gasteiger partial charge in [0.05, 0.1) is 20.3 Å². The number of aromatic nitrogens is 1. The Morgan fingerprint density at radius 3 is 2.34 bits per heavy atom. The van der Waals surface area contributed by atoms with Gasteiger partial charge < -0.3 is 24.3 Å². The fourth-order valence-electron chi connectivity index (χ4n) is 4.56. The van der Waals surface area contributed by atoms with Gasteiger partial charge in [0.1, 0.15) is 0 Å². The number of benzene rings is 2. The summed E-state index contributed by atoms with van der Waals surface area (Å²) in [6, 6.07) is 16.9. The predicted octanol–water partition coefficient (Wildman–Crippen LogP) is 5.43. The zero-order valence-corrected chi connectivity index (χ0v) is 20.0. The SMILES string of the molecule is CCc1cccc(CC)c1NC(=S)N1CCn2cccc2[C@H]1c1ccc(OC)c(OC)c1. The second-order valence-electron chi connectivity index (χ2n) is 7.93. The number of rotatable bonds is 6. The molecule has 1 aliphatic heterocycles. The molecule has 0 amide bonds. The van der Waals surface area contributed by atoms with Crippen molar-refractivity contribution in [2.45, 2.75) is 39.3 Å². The third-order valence-corrected chi connectivity index (χ3v) is 6.59. The third-order valence-electron chi connectivity index (χ3n) is 6.25. The van der Waals surface area contributed by atoms with Gasteiger partial charge in [0.2, 0.25) is 0 Å². The lowest BCUT2D eigenvalue weighted by Gasteiger charge is -2.39. The maximum Gasteiger partial charge on any atom is 0.174 e. The molecule has 6 heteroatoms. The molecule has 5 nitrogen and oxygen atoms in total. The van der Waals surface area contributed by atoms with Crippen molar-refractivity contribution in [3.63, 3.8) is 0 Å². The van der Waals surface area contributed by atoms with E-state index in [0.29, 0.717) is 0 Å². The molecule has 0 bridgehead atoms. The normalized spacial score (nSPS) is 15.2. The van der Waals surface area contributed by atoms with Crippen LogP contribution in [0.2, 0.25) is 0 Å². The number of anilines is 1. The summed E-state index contributed by atoms with van der Waals surface area (Å²) in [5.41, 5.74) is 6.05. The van der Waals surface area contributed by atoms with E-state index < -0.39 is 0 Å². The largest absolute Gasteiger partial charge is 0.493 e. The Balaban J connectivity index is 1.73. The molecule has 0 aliphatic carbocycles. The van der Waals surface area contributed by atoms with Gasteiger partial charge in [-0.05, 0) is 66.0 Å². The molecule has 0 spiro atoms. The zero-order valence-electron chi connectivity index (χ0n) is 19.2. The summed E-state index contributed by atoms with van der Waals surface area (Å²) in [7, 11) is 3.33. The van der Waals surface area contributed by atoms with Crippen LogP contribution in [0.5, 0.6) is 11.5 Å². The van der Waals surface area contributed by atoms with E-state index in [2.05, 4.69) is 77.3 Å². The van der Waals surface area contributed by atoms with Crippen LogP contribution >= 0.6 is 12.2 Å². The minimum atomic E-state index is -0.0163. The number of para-hydroxylation sites is 1. The van der Waals surface area contributed by atoms with Crippen molar-refractivity contribution in [2.24, 2.45) is 0 Å². The summed E-state index contributed by atoms with van der Waals surface area (Å²) in [5, 5.41) is 4.36. The Hall–Kier alpha value is -2.99. The highest BCUT2D eigenvalue weighted by atomic mass is 32.1. The summed E-state index contributed by atoms with van der Waals surface area (Å²) in [6.07, 6.45) is 4.06. The average Bonchev–Trinajstić information content (AvgIpc) is 3.32. The van der Waals surface area contributed by atoms with Gasteiger partial charge in [-0.1, -0.05) is 38.1 Å². The molecule has 0 unspecified atom stereocenters. The Morgan fingerprint density at radius 2 is 1.69 bits per heavy atom. The number of aryl methyl sites for hydroxylation is 2.